The summed E-state index contributed by atoms with van der Waals surface area (Å²) < 4.78 is 23.6. The molecule has 17 heteroatoms. The third kappa shape index (κ3) is 8.95. The van der Waals surface area contributed by atoms with Gasteiger partial charge < -0.3 is 59.8 Å². The second kappa shape index (κ2) is 18.6. The highest BCUT2D eigenvalue weighted by molar-refractivity contribution is 6.24. The first kappa shape index (κ1) is 45.9. The first-order valence-corrected chi connectivity index (χ1v) is 20.0. The van der Waals surface area contributed by atoms with E-state index in [1.165, 1.54) is 58.6 Å². The molecule has 328 valence electrons. The predicted molar refractivity (Wildman–Crippen MR) is 222 cm³/mol. The molecular weight excluding hydrogens is 780 g/mol. The monoisotopic (exact) mass is 838 g/mol. The Labute approximate surface area is 349 Å². The lowest BCUT2D eigenvalue weighted by molar-refractivity contribution is -0.160. The quantitative estimate of drug-likeness (QED) is 0.0990. The number of rotatable bonds is 5. The zero-order chi connectivity index (χ0) is 44.4. The van der Waals surface area contributed by atoms with Crippen LogP contribution in [0.2, 0.25) is 0 Å². The highest BCUT2D eigenvalue weighted by atomic mass is 16.7. The molecule has 60 heavy (non-hydrogen) atoms. The van der Waals surface area contributed by atoms with Crippen molar-refractivity contribution < 1.29 is 64.0 Å². The van der Waals surface area contributed by atoms with E-state index in [-0.39, 0.29) is 44.5 Å². The Morgan fingerprint density at radius 2 is 1.65 bits per heavy atom. The molecule has 9 atom stereocenters. The number of ketones is 1. The minimum Gasteiger partial charge on any atom is -0.507 e. The van der Waals surface area contributed by atoms with Gasteiger partial charge in [-0.1, -0.05) is 45.9 Å². The second-order valence-electron chi connectivity index (χ2n) is 16.1. The number of nitrogens with one attached hydrogen (secondary N) is 1. The van der Waals surface area contributed by atoms with Gasteiger partial charge in [0.05, 0.1) is 59.6 Å². The second-order valence-corrected chi connectivity index (χ2v) is 16.1. The number of carbonyl (C=O) groups is 3. The summed E-state index contributed by atoms with van der Waals surface area (Å²) >= 11 is 0. The highest BCUT2D eigenvalue weighted by Crippen LogP contribution is 2.55. The Morgan fingerprint density at radius 1 is 0.983 bits per heavy atom. The summed E-state index contributed by atoms with van der Waals surface area (Å²) in [7, 11) is 3.39. The van der Waals surface area contributed by atoms with E-state index >= 15 is 0 Å². The molecule has 2 aromatic carbocycles. The van der Waals surface area contributed by atoms with Crippen LogP contribution < -0.4 is 10.1 Å². The molecule has 0 unspecified atom stereocenters. The molecule has 4 aliphatic heterocycles. The van der Waals surface area contributed by atoms with Gasteiger partial charge in [0.25, 0.3) is 11.7 Å². The van der Waals surface area contributed by atoms with E-state index in [2.05, 4.69) is 15.3 Å². The van der Waals surface area contributed by atoms with Crippen molar-refractivity contribution in [1.82, 2.24) is 9.91 Å². The molecular formula is C43H58N4O13. The van der Waals surface area contributed by atoms with Gasteiger partial charge in [-0.05, 0) is 20.0 Å². The summed E-state index contributed by atoms with van der Waals surface area (Å²) in [5, 5.41) is 76.9. The van der Waals surface area contributed by atoms with Crippen LogP contribution in [0.4, 0.5) is 5.69 Å². The van der Waals surface area contributed by atoms with Crippen molar-refractivity contribution in [3.8, 4) is 23.0 Å². The van der Waals surface area contributed by atoms with E-state index in [4.69, 9.17) is 18.9 Å². The van der Waals surface area contributed by atoms with Gasteiger partial charge in [-0.3, -0.25) is 19.4 Å². The van der Waals surface area contributed by atoms with Crippen molar-refractivity contribution in [3.05, 3.63) is 52.8 Å². The van der Waals surface area contributed by atoms with Crippen LogP contribution in [0.5, 0.6) is 23.0 Å². The highest BCUT2D eigenvalue weighted by Gasteiger charge is 2.50. The molecule has 4 aliphatic rings. The van der Waals surface area contributed by atoms with E-state index in [1.54, 1.807) is 38.8 Å². The van der Waals surface area contributed by atoms with Gasteiger partial charge in [-0.2, -0.15) is 5.10 Å². The number of aliphatic hydroxyl groups excluding tert-OH is 3. The van der Waals surface area contributed by atoms with Crippen LogP contribution in [0.25, 0.3) is 10.8 Å². The Hall–Kier alpha value is -5.20. The fraction of sp³-hybridized carbons (Fsp3) is 0.535. The standard InChI is InChI=1S/C43H58N4O13/c1-21-11-10-12-27(20-48)42(56)45-33-28(19-44-47-16-14-46(8)15-17-47)37(53)30-31(38(33)54)36(52)25(5)40-32(30)41(55)43(7,60-40)58-18-13-29(57-9)22(2)39(59-26(6)49)24(4)35(51)23(3)34(21)50/h10-13,18-19,21-24,29,34-35,39,48,50-54H,14-17,20H2,1-9H3,(H,45,56)/b11-10?,18-13?,27-12?,44-19+/t21-,22+,23+,24+,29-,34-,35+,39+,43-/m0/s1. The van der Waals surface area contributed by atoms with Crippen molar-refractivity contribution in [2.24, 2.45) is 28.8 Å². The Morgan fingerprint density at radius 3 is 2.27 bits per heavy atom. The number of aliphatic hydroxyl groups is 3. The molecule has 0 radical (unpaired) electrons. The van der Waals surface area contributed by atoms with E-state index in [1.807, 2.05) is 7.05 Å². The molecule has 17 nitrogen and oxygen atoms in total. The predicted octanol–water partition coefficient (Wildman–Crippen LogP) is 3.31. The van der Waals surface area contributed by atoms with Crippen molar-refractivity contribution in [2.45, 2.75) is 78.7 Å². The number of Topliss-reactive ketones (excluding diaryl/α,β-unsaturated/α-hetero) is 1. The van der Waals surface area contributed by atoms with Crippen LogP contribution in [0, 0.1) is 30.6 Å². The zero-order valence-electron chi connectivity index (χ0n) is 35.5. The van der Waals surface area contributed by atoms with Crippen LogP contribution in [0.1, 0.15) is 63.0 Å². The van der Waals surface area contributed by atoms with Gasteiger partial charge in [0, 0.05) is 87.3 Å². The number of fused-ring (bicyclic) bond motifs is 14. The van der Waals surface area contributed by atoms with E-state index in [9.17, 15) is 45.0 Å². The van der Waals surface area contributed by atoms with E-state index < -0.39 is 95.4 Å². The molecule has 0 spiro atoms. The molecule has 5 bridgehead atoms. The van der Waals surface area contributed by atoms with Crippen molar-refractivity contribution in [1.29, 1.82) is 0 Å². The summed E-state index contributed by atoms with van der Waals surface area (Å²) in [6, 6.07) is 0. The number of methoxy groups -OCH3 is 1. The number of phenols is 3. The number of hydrazone groups is 1. The number of anilines is 1. The van der Waals surface area contributed by atoms with Crippen LogP contribution >= 0.6 is 0 Å². The molecule has 1 amide bonds. The number of esters is 1. The molecule has 4 heterocycles. The third-order valence-corrected chi connectivity index (χ3v) is 11.9. The summed E-state index contributed by atoms with van der Waals surface area (Å²) in [6.45, 7) is 12.5. The van der Waals surface area contributed by atoms with Crippen LogP contribution in [-0.4, -0.2) is 142 Å². The molecule has 2 aromatic rings. The normalized spacial score (nSPS) is 29.8. The molecule has 1 fully saturated rings. The van der Waals surface area contributed by atoms with Crippen molar-refractivity contribution in [2.75, 3.05) is 52.3 Å². The number of amides is 1. The summed E-state index contributed by atoms with van der Waals surface area (Å²) in [5.41, 5.74) is -0.956. The number of aromatic hydroxyl groups is 3. The SMILES string of the molecule is CO[C@H]1C=CO[C@@]2(C)Oc3c(C)c(O)c4c(O)c(c(/C=N/N5CCN(C)CC5)c(O)c4c3C2=O)NC(=O)C(CO)=CC=C[C@H](C)[C@H](O)[C@@H](C)[C@@H](O)[C@@H](C)[C@H](OC(C)=O)[C@@H]1C. The van der Waals surface area contributed by atoms with Crippen LogP contribution in [0.3, 0.4) is 0 Å². The minimum absolute atomic E-state index is 0.0188. The number of carbonyl (C=O) groups excluding carboxylic acids is 3. The number of benzene rings is 2. The number of allylic oxidation sites excluding steroid dienone is 2. The van der Waals surface area contributed by atoms with Gasteiger partial charge in [0.1, 0.15) is 23.4 Å². The number of nitrogens with zero attached hydrogens (tertiary/aromatic N) is 3. The number of hydrogen-bond donors (Lipinski definition) is 7. The summed E-state index contributed by atoms with van der Waals surface area (Å²) in [4.78, 5) is 42.7. The summed E-state index contributed by atoms with van der Waals surface area (Å²) in [5.74, 6) is -9.03. The Bertz CT molecular complexity index is 2090. The molecule has 0 aliphatic carbocycles. The van der Waals surface area contributed by atoms with E-state index in [0.717, 1.165) is 0 Å². The van der Waals surface area contributed by atoms with Gasteiger partial charge >= 0.3 is 11.8 Å². The molecule has 6 rings (SSSR count). The Kier molecular flexibility index (Phi) is 14.2. The largest absolute Gasteiger partial charge is 0.507 e. The number of piperazine rings is 1. The lowest BCUT2D eigenvalue weighted by Crippen LogP contribution is -2.46. The van der Waals surface area contributed by atoms with Crippen LogP contribution in [-0.2, 0) is 23.8 Å². The fourth-order valence-electron chi connectivity index (χ4n) is 8.00. The van der Waals surface area contributed by atoms with Crippen LogP contribution in [0.15, 0.2) is 41.2 Å². The maximum absolute atomic E-state index is 14.4. The van der Waals surface area contributed by atoms with Gasteiger partial charge in [-0.25, -0.2) is 0 Å². The average Bonchev–Trinajstić information content (AvgIpc) is 3.48. The third-order valence-electron chi connectivity index (χ3n) is 11.9. The number of likely N-dealkylation sites (N-methyl/N-ethyl adjacent to an activating group) is 1. The molecule has 0 aromatic heterocycles. The summed E-state index contributed by atoms with van der Waals surface area (Å²) in [6.07, 6.45) is 4.21. The topological polar surface area (TPSA) is 240 Å². The minimum atomic E-state index is -2.07. The van der Waals surface area contributed by atoms with Gasteiger partial charge in [-0.15, -0.1) is 0 Å². The van der Waals surface area contributed by atoms with Gasteiger partial charge in [0.2, 0.25) is 0 Å². The molecule has 7 N–H and O–H groups in total. The lowest BCUT2D eigenvalue weighted by atomic mass is 9.78. The smallest absolute Gasteiger partial charge is 0.312 e. The number of hydrogen-bond acceptors (Lipinski definition) is 16. The first-order valence-electron chi connectivity index (χ1n) is 20.0. The van der Waals surface area contributed by atoms with E-state index in [0.29, 0.717) is 26.2 Å². The molecule has 0 saturated carbocycles. The van der Waals surface area contributed by atoms with Gasteiger partial charge in [0.15, 0.2) is 5.75 Å². The molecule has 1 saturated heterocycles. The first-order chi connectivity index (χ1) is 28.3. The number of ether oxygens (including phenoxy) is 4. The van der Waals surface area contributed by atoms with Crippen molar-refractivity contribution >= 4 is 40.3 Å². The zero-order valence-corrected chi connectivity index (χ0v) is 35.5. The maximum atomic E-state index is 14.4. The number of phenolic OH excluding ortho intramolecular Hbond substituents is 3. The Balaban J connectivity index is 1.72. The van der Waals surface area contributed by atoms with Crippen molar-refractivity contribution in [3.63, 3.8) is 0 Å². The fourth-order valence-corrected chi connectivity index (χ4v) is 8.00. The lowest BCUT2D eigenvalue weighted by Gasteiger charge is -2.38. The average molecular weight is 839 g/mol. The maximum Gasteiger partial charge on any atom is 0.312 e.